The fourth-order valence-electron chi connectivity index (χ4n) is 1.41. The summed E-state index contributed by atoms with van der Waals surface area (Å²) in [6.07, 6.45) is 1.88. The van der Waals surface area contributed by atoms with Crippen LogP contribution in [0, 0.1) is 5.92 Å². The first-order valence-corrected chi connectivity index (χ1v) is 7.12. The molecule has 0 aliphatic carbocycles. The maximum absolute atomic E-state index is 6.13. The summed E-state index contributed by atoms with van der Waals surface area (Å²) in [4.78, 5) is 6.37. The van der Waals surface area contributed by atoms with Crippen LogP contribution in [0.15, 0.2) is 18.3 Å². The van der Waals surface area contributed by atoms with E-state index >= 15 is 0 Å². The predicted octanol–water partition coefficient (Wildman–Crippen LogP) is 2.54. The average Bonchev–Trinajstić information content (AvgIpc) is 2.28. The van der Waals surface area contributed by atoms with Gasteiger partial charge in [-0.2, -0.15) is 11.8 Å². The molecule has 96 valence electrons. The Hall–Kier alpha value is -0.740. The fourth-order valence-corrected chi connectivity index (χ4v) is 2.46. The Morgan fingerprint density at radius 1 is 1.29 bits per heavy atom. The Labute approximate surface area is 109 Å². The van der Waals surface area contributed by atoms with Gasteiger partial charge in [0.1, 0.15) is 5.82 Å². The second-order valence-corrected chi connectivity index (χ2v) is 5.96. The molecule has 0 amide bonds. The molecule has 2 N–H and O–H groups in total. The van der Waals surface area contributed by atoms with Gasteiger partial charge in [-0.15, -0.1) is 0 Å². The van der Waals surface area contributed by atoms with Gasteiger partial charge in [-0.3, -0.25) is 0 Å². The van der Waals surface area contributed by atoms with Crippen LogP contribution in [0.25, 0.3) is 0 Å². The van der Waals surface area contributed by atoms with Gasteiger partial charge in [-0.05, 0) is 23.3 Å². The average molecular weight is 253 g/mol. The summed E-state index contributed by atoms with van der Waals surface area (Å²) in [5.41, 5.74) is 7.25. The van der Waals surface area contributed by atoms with Gasteiger partial charge in [0.15, 0.2) is 0 Å². The number of nitrogens with zero attached hydrogens (tertiary/aromatic N) is 2. The van der Waals surface area contributed by atoms with Crippen molar-refractivity contribution in [1.29, 1.82) is 0 Å². The number of pyridine rings is 1. The van der Waals surface area contributed by atoms with Crippen molar-refractivity contribution in [1.82, 2.24) is 4.98 Å². The number of hydrogen-bond acceptors (Lipinski definition) is 4. The minimum absolute atomic E-state index is 0.0856. The lowest BCUT2D eigenvalue weighted by Crippen LogP contribution is -2.15. The fraction of sp³-hybridized carbons (Fsp3) is 0.615. The molecule has 3 nitrogen and oxygen atoms in total. The van der Waals surface area contributed by atoms with E-state index < -0.39 is 0 Å². The zero-order chi connectivity index (χ0) is 12.8. The van der Waals surface area contributed by atoms with E-state index in [1.165, 1.54) is 0 Å². The van der Waals surface area contributed by atoms with Crippen molar-refractivity contribution in [2.24, 2.45) is 11.7 Å². The molecule has 1 rings (SSSR count). The van der Waals surface area contributed by atoms with Gasteiger partial charge in [0.05, 0.1) is 0 Å². The van der Waals surface area contributed by atoms with Crippen molar-refractivity contribution in [3.8, 4) is 0 Å². The van der Waals surface area contributed by atoms with E-state index in [9.17, 15) is 0 Å². The third kappa shape index (κ3) is 4.96. The van der Waals surface area contributed by atoms with Crippen LogP contribution in [0.3, 0.4) is 0 Å². The Kier molecular flexibility index (Phi) is 5.78. The summed E-state index contributed by atoms with van der Waals surface area (Å²) in [6.45, 7) is 4.46. The molecule has 0 aromatic carbocycles. The first kappa shape index (κ1) is 14.3. The molecule has 1 heterocycles. The summed E-state index contributed by atoms with van der Waals surface area (Å²) >= 11 is 1.91. The topological polar surface area (TPSA) is 42.1 Å². The largest absolute Gasteiger partial charge is 0.363 e. The van der Waals surface area contributed by atoms with Gasteiger partial charge in [-0.25, -0.2) is 4.98 Å². The molecule has 0 fully saturated rings. The van der Waals surface area contributed by atoms with Gasteiger partial charge in [0.2, 0.25) is 0 Å². The third-order valence-electron chi connectivity index (χ3n) is 2.41. The molecule has 1 unspecified atom stereocenters. The normalized spacial score (nSPS) is 12.8. The quantitative estimate of drug-likeness (QED) is 0.846. The van der Waals surface area contributed by atoms with Gasteiger partial charge in [0.25, 0.3) is 0 Å². The summed E-state index contributed by atoms with van der Waals surface area (Å²) in [7, 11) is 3.97. The van der Waals surface area contributed by atoms with Gasteiger partial charge in [0, 0.05) is 32.1 Å². The number of rotatable bonds is 6. The summed E-state index contributed by atoms with van der Waals surface area (Å²) in [6, 6.07) is 4.17. The van der Waals surface area contributed by atoms with Crippen LogP contribution in [0.5, 0.6) is 0 Å². The van der Waals surface area contributed by atoms with Gasteiger partial charge >= 0.3 is 0 Å². The van der Waals surface area contributed by atoms with Crippen molar-refractivity contribution in [2.45, 2.75) is 19.9 Å². The van der Waals surface area contributed by atoms with Gasteiger partial charge < -0.3 is 10.6 Å². The van der Waals surface area contributed by atoms with Crippen molar-refractivity contribution in [3.05, 3.63) is 23.9 Å². The van der Waals surface area contributed by atoms with Crippen LogP contribution in [0.4, 0.5) is 5.82 Å². The Morgan fingerprint density at radius 3 is 2.47 bits per heavy atom. The first-order chi connectivity index (χ1) is 8.00. The van der Waals surface area contributed by atoms with Crippen molar-refractivity contribution < 1.29 is 0 Å². The lowest BCUT2D eigenvalue weighted by Gasteiger charge is -2.15. The molecule has 0 saturated carbocycles. The van der Waals surface area contributed by atoms with Crippen LogP contribution in [0.1, 0.15) is 25.5 Å². The summed E-state index contributed by atoms with van der Waals surface area (Å²) in [5, 5.41) is 0. The monoisotopic (exact) mass is 253 g/mol. The number of anilines is 1. The van der Waals surface area contributed by atoms with E-state index in [1.807, 2.05) is 43.0 Å². The standard InChI is InChI=1S/C13H23N3S/c1-10(2)8-17-9-12(14)11-5-6-13(15-7-11)16(3)4/h5-7,10,12H,8-9,14H2,1-4H3. The van der Waals surface area contributed by atoms with Crippen molar-refractivity contribution in [2.75, 3.05) is 30.5 Å². The van der Waals surface area contributed by atoms with Crippen LogP contribution >= 0.6 is 11.8 Å². The SMILES string of the molecule is CC(C)CSCC(N)c1ccc(N(C)C)nc1. The molecule has 0 bridgehead atoms. The molecular formula is C13H23N3S. The van der Waals surface area contributed by atoms with Crippen LogP contribution < -0.4 is 10.6 Å². The minimum Gasteiger partial charge on any atom is -0.363 e. The van der Waals surface area contributed by atoms with E-state index in [4.69, 9.17) is 5.73 Å². The molecule has 0 radical (unpaired) electrons. The molecular weight excluding hydrogens is 230 g/mol. The number of thioether (sulfide) groups is 1. The maximum atomic E-state index is 6.13. The second-order valence-electron chi connectivity index (χ2n) is 4.88. The van der Waals surface area contributed by atoms with E-state index in [0.717, 1.165) is 28.8 Å². The molecule has 0 saturated heterocycles. The van der Waals surface area contributed by atoms with Gasteiger partial charge in [-0.1, -0.05) is 19.9 Å². The molecule has 0 aliphatic rings. The highest BCUT2D eigenvalue weighted by Crippen LogP contribution is 2.18. The molecule has 1 aromatic rings. The lowest BCUT2D eigenvalue weighted by molar-refractivity contribution is 0.746. The smallest absolute Gasteiger partial charge is 0.127 e. The highest BCUT2D eigenvalue weighted by atomic mass is 32.2. The Morgan fingerprint density at radius 2 is 2.00 bits per heavy atom. The highest BCUT2D eigenvalue weighted by Gasteiger charge is 2.07. The van der Waals surface area contributed by atoms with Crippen molar-refractivity contribution >= 4 is 17.6 Å². The highest BCUT2D eigenvalue weighted by molar-refractivity contribution is 7.99. The molecule has 0 spiro atoms. The number of aromatic nitrogens is 1. The molecule has 17 heavy (non-hydrogen) atoms. The molecule has 4 heteroatoms. The summed E-state index contributed by atoms with van der Waals surface area (Å²) in [5.74, 6) is 3.81. The van der Waals surface area contributed by atoms with Crippen LogP contribution in [0.2, 0.25) is 0 Å². The molecule has 1 atom stereocenters. The van der Waals surface area contributed by atoms with E-state index in [2.05, 4.69) is 24.9 Å². The van der Waals surface area contributed by atoms with Crippen LogP contribution in [-0.4, -0.2) is 30.6 Å². The predicted molar refractivity (Wildman–Crippen MR) is 77.7 cm³/mol. The lowest BCUT2D eigenvalue weighted by atomic mass is 10.1. The Bertz CT molecular complexity index is 322. The maximum Gasteiger partial charge on any atom is 0.127 e. The van der Waals surface area contributed by atoms with Crippen molar-refractivity contribution in [3.63, 3.8) is 0 Å². The van der Waals surface area contributed by atoms with Crippen LogP contribution in [-0.2, 0) is 0 Å². The second kappa shape index (κ2) is 6.87. The van der Waals surface area contributed by atoms with E-state index in [-0.39, 0.29) is 6.04 Å². The third-order valence-corrected chi connectivity index (χ3v) is 3.90. The number of hydrogen-bond donors (Lipinski definition) is 1. The van der Waals surface area contributed by atoms with E-state index in [0.29, 0.717) is 0 Å². The number of nitrogens with two attached hydrogens (primary N) is 1. The molecule has 0 aliphatic heterocycles. The Balaban J connectivity index is 2.48. The van der Waals surface area contributed by atoms with E-state index in [1.54, 1.807) is 0 Å². The molecule has 1 aromatic heterocycles. The zero-order valence-corrected chi connectivity index (χ0v) is 12.0. The summed E-state index contributed by atoms with van der Waals surface area (Å²) < 4.78 is 0. The minimum atomic E-state index is 0.0856. The first-order valence-electron chi connectivity index (χ1n) is 5.97. The zero-order valence-electron chi connectivity index (χ0n) is 11.2.